The summed E-state index contributed by atoms with van der Waals surface area (Å²) in [5, 5.41) is 40.8. The van der Waals surface area contributed by atoms with Gasteiger partial charge in [0.25, 0.3) is 0 Å². The number of carboxylic acids is 1. The maximum absolute atomic E-state index is 14.6. The Hall–Kier alpha value is -4.55. The van der Waals surface area contributed by atoms with Gasteiger partial charge in [-0.1, -0.05) is 30.3 Å². The highest BCUT2D eigenvalue weighted by Gasteiger charge is 2.46. The van der Waals surface area contributed by atoms with Crippen molar-refractivity contribution < 1.29 is 49.0 Å². The summed E-state index contributed by atoms with van der Waals surface area (Å²) >= 11 is 0. The van der Waals surface area contributed by atoms with E-state index < -0.39 is 48.4 Å². The normalized spacial score (nSPS) is 24.5. The van der Waals surface area contributed by atoms with Crippen LogP contribution in [0, 0.1) is 6.92 Å². The van der Waals surface area contributed by atoms with Gasteiger partial charge in [-0.3, -0.25) is 9.59 Å². The maximum Gasteiger partial charge on any atom is 0.335 e. The first kappa shape index (κ1) is 29.5. The molecule has 3 aromatic carbocycles. The molecule has 0 aromatic heterocycles. The van der Waals surface area contributed by atoms with Crippen molar-refractivity contribution in [2.45, 2.75) is 57.6 Å². The van der Waals surface area contributed by atoms with Crippen molar-refractivity contribution in [3.05, 3.63) is 99.2 Å². The number of fused-ring (bicyclic) bond motifs is 3. The minimum atomic E-state index is -1.11. The van der Waals surface area contributed by atoms with E-state index in [4.69, 9.17) is 14.2 Å². The Bertz CT molecular complexity index is 1700. The molecule has 2 aliphatic heterocycles. The summed E-state index contributed by atoms with van der Waals surface area (Å²) in [6, 6.07) is 14.1. The Balaban J connectivity index is 1.49. The van der Waals surface area contributed by atoms with Crippen LogP contribution in [0.4, 0.5) is 0 Å². The average Bonchev–Trinajstić information content (AvgIpc) is 2.98. The molecule has 0 saturated carbocycles. The van der Waals surface area contributed by atoms with Gasteiger partial charge in [0.15, 0.2) is 12.0 Å². The summed E-state index contributed by atoms with van der Waals surface area (Å²) in [6.07, 6.45) is -4.89. The highest BCUT2D eigenvalue weighted by Crippen LogP contribution is 2.49. The second-order valence-corrected chi connectivity index (χ2v) is 11.2. The average molecular weight is 602 g/mol. The van der Waals surface area contributed by atoms with Crippen LogP contribution in [0.1, 0.15) is 72.9 Å². The number of phenolic OH excluding ortho intramolecular Hbond substituents is 1. The van der Waals surface area contributed by atoms with Crippen LogP contribution >= 0.6 is 0 Å². The van der Waals surface area contributed by atoms with E-state index in [9.17, 15) is 34.8 Å². The minimum Gasteiger partial charge on any atom is -0.507 e. The molecule has 1 fully saturated rings. The third kappa shape index (κ3) is 4.83. The summed E-state index contributed by atoms with van der Waals surface area (Å²) in [5.74, 6) is -2.25. The van der Waals surface area contributed by atoms with Crippen molar-refractivity contribution in [1.29, 1.82) is 0 Å². The zero-order valence-electron chi connectivity index (χ0n) is 24.2. The molecule has 5 unspecified atom stereocenters. The number of Topliss-reactive ketones (excluding diaryl/α,β-unsaturated/α-hetero) is 2. The molecule has 0 bridgehead atoms. The number of nitrogens with zero attached hydrogens (tertiary/aromatic N) is 1. The van der Waals surface area contributed by atoms with Crippen molar-refractivity contribution in [3.63, 3.8) is 0 Å². The zero-order valence-corrected chi connectivity index (χ0v) is 24.2. The molecule has 0 spiro atoms. The van der Waals surface area contributed by atoms with Gasteiger partial charge in [-0.2, -0.15) is 0 Å². The quantitative estimate of drug-likeness (QED) is 0.327. The van der Waals surface area contributed by atoms with E-state index in [1.807, 2.05) is 0 Å². The van der Waals surface area contributed by atoms with Gasteiger partial charge in [0, 0.05) is 36.8 Å². The van der Waals surface area contributed by atoms with Crippen molar-refractivity contribution in [2.24, 2.45) is 0 Å². The number of aryl methyl sites for hydroxylation is 1. The van der Waals surface area contributed by atoms with E-state index >= 15 is 0 Å². The fourth-order valence-electron chi connectivity index (χ4n) is 6.19. The van der Waals surface area contributed by atoms with Crippen molar-refractivity contribution in [1.82, 2.24) is 4.90 Å². The van der Waals surface area contributed by atoms with Crippen LogP contribution in [0.3, 0.4) is 0 Å². The van der Waals surface area contributed by atoms with Gasteiger partial charge in [0.05, 0.1) is 28.9 Å². The molecule has 0 radical (unpaired) electrons. The van der Waals surface area contributed by atoms with Crippen molar-refractivity contribution in [2.75, 3.05) is 7.11 Å². The predicted molar refractivity (Wildman–Crippen MR) is 155 cm³/mol. The molecule has 4 N–H and O–H groups in total. The number of methoxy groups -OCH3 is 1. The number of hydrogen-bond donors (Lipinski definition) is 4. The van der Waals surface area contributed by atoms with E-state index in [1.54, 1.807) is 43.0 Å². The molecular formula is C33H31NO10. The van der Waals surface area contributed by atoms with E-state index in [2.05, 4.69) is 0 Å². The molecule has 3 aliphatic rings. The number of hydrogen-bond acceptors (Lipinski definition) is 10. The number of benzene rings is 3. The zero-order chi connectivity index (χ0) is 31.4. The van der Waals surface area contributed by atoms with Crippen LogP contribution in [0.25, 0.3) is 5.57 Å². The smallest absolute Gasteiger partial charge is 0.335 e. The van der Waals surface area contributed by atoms with Crippen LogP contribution in [0.2, 0.25) is 0 Å². The number of aromatic carboxylic acids is 1. The summed E-state index contributed by atoms with van der Waals surface area (Å²) in [5.41, 5.74) is 2.24. The summed E-state index contributed by atoms with van der Waals surface area (Å²) < 4.78 is 17.7. The van der Waals surface area contributed by atoms with Gasteiger partial charge in [-0.05, 0) is 49.2 Å². The molecule has 1 aliphatic carbocycles. The van der Waals surface area contributed by atoms with Gasteiger partial charge in [0.1, 0.15) is 23.3 Å². The van der Waals surface area contributed by atoms with Gasteiger partial charge in [-0.25, -0.2) is 4.79 Å². The molecule has 0 amide bonds. The van der Waals surface area contributed by atoms with Crippen LogP contribution in [-0.2, 0) is 16.0 Å². The van der Waals surface area contributed by atoms with Gasteiger partial charge < -0.3 is 39.5 Å². The first-order valence-electron chi connectivity index (χ1n) is 14.1. The third-order valence-electron chi connectivity index (χ3n) is 8.27. The second-order valence-electron chi connectivity index (χ2n) is 11.2. The van der Waals surface area contributed by atoms with E-state index in [0.717, 1.165) is 5.56 Å². The lowest BCUT2D eigenvalue weighted by atomic mass is 9.78. The van der Waals surface area contributed by atoms with Crippen LogP contribution in [0.15, 0.2) is 60.3 Å². The topological polar surface area (TPSA) is 163 Å². The monoisotopic (exact) mass is 601 g/mol. The lowest BCUT2D eigenvalue weighted by Gasteiger charge is -2.42. The molecule has 11 heteroatoms. The summed E-state index contributed by atoms with van der Waals surface area (Å²) in [6.45, 7) is 3.45. The standard InChI is InChI=1S/C33H31NO10/c1-15-11-20-25(21(35)12-15)27-28(34(32(20)42-3)14-17-7-9-18(10-8-17)33(40)41)31(39)26-19(30(27)38)5-4-6-23(26)44-24-13-22(36)29(37)16(2)43-24/h4-12,16,22,24,29,32,35-37H,13-14H2,1-3H3,(H,40,41). The number of rotatable bonds is 6. The van der Waals surface area contributed by atoms with Crippen LogP contribution in [0.5, 0.6) is 11.5 Å². The van der Waals surface area contributed by atoms with Gasteiger partial charge in [-0.15, -0.1) is 0 Å². The predicted octanol–water partition coefficient (Wildman–Crippen LogP) is 3.59. The van der Waals surface area contributed by atoms with E-state index in [0.29, 0.717) is 11.1 Å². The van der Waals surface area contributed by atoms with E-state index in [1.165, 1.54) is 37.4 Å². The third-order valence-corrected chi connectivity index (χ3v) is 8.27. The number of carboxylic acid groups (broad SMARTS) is 1. The van der Waals surface area contributed by atoms with Crippen molar-refractivity contribution >= 4 is 23.1 Å². The Labute approximate surface area is 252 Å². The number of ketones is 2. The fourth-order valence-corrected chi connectivity index (χ4v) is 6.19. The first-order chi connectivity index (χ1) is 21.0. The minimum absolute atomic E-state index is 0.00671. The Kier molecular flexibility index (Phi) is 7.50. The number of carbonyl (C=O) groups is 3. The van der Waals surface area contributed by atoms with Crippen LogP contribution in [-0.4, -0.2) is 74.6 Å². The first-order valence-corrected chi connectivity index (χ1v) is 14.1. The molecular weight excluding hydrogens is 570 g/mol. The Morgan fingerprint density at radius 3 is 2.43 bits per heavy atom. The largest absolute Gasteiger partial charge is 0.507 e. The lowest BCUT2D eigenvalue weighted by molar-refractivity contribution is -0.216. The Morgan fingerprint density at radius 1 is 1.05 bits per heavy atom. The number of phenols is 1. The summed E-state index contributed by atoms with van der Waals surface area (Å²) in [7, 11) is 1.46. The lowest BCUT2D eigenvalue weighted by Crippen LogP contribution is -2.48. The molecule has 11 nitrogen and oxygen atoms in total. The van der Waals surface area contributed by atoms with Gasteiger partial charge in [0.2, 0.25) is 12.1 Å². The molecule has 5 atom stereocenters. The van der Waals surface area contributed by atoms with Crippen molar-refractivity contribution in [3.8, 4) is 11.5 Å². The molecule has 228 valence electrons. The number of allylic oxidation sites excluding steroid dienone is 2. The van der Waals surface area contributed by atoms with E-state index in [-0.39, 0.29) is 58.0 Å². The summed E-state index contributed by atoms with van der Waals surface area (Å²) in [4.78, 5) is 41.9. The Morgan fingerprint density at radius 2 is 1.77 bits per heavy atom. The molecule has 1 saturated heterocycles. The maximum atomic E-state index is 14.6. The molecule has 6 rings (SSSR count). The van der Waals surface area contributed by atoms with Crippen LogP contribution < -0.4 is 4.74 Å². The number of aliphatic hydroxyl groups is 2. The second kappa shape index (κ2) is 11.2. The number of ether oxygens (including phenoxy) is 3. The SMILES string of the molecule is COC1c2cc(C)cc(O)c2C2=C(C(=O)c3c(OC4CC(O)C(O)C(C)O4)cccc3C2=O)N1Cc1ccc(C(=O)O)cc1. The highest BCUT2D eigenvalue weighted by molar-refractivity contribution is 6.41. The molecule has 2 heterocycles. The highest BCUT2D eigenvalue weighted by atomic mass is 16.7. The number of carbonyl (C=O) groups excluding carboxylic acids is 2. The van der Waals surface area contributed by atoms with Gasteiger partial charge >= 0.3 is 5.97 Å². The molecule has 3 aromatic rings. The number of aromatic hydroxyl groups is 1. The molecule has 44 heavy (non-hydrogen) atoms. The number of aliphatic hydroxyl groups excluding tert-OH is 2. The fraction of sp³-hybridized carbons (Fsp3) is 0.303.